The van der Waals surface area contributed by atoms with Crippen LogP contribution < -0.4 is 10.6 Å². The molecule has 3 rings (SSSR count). The first-order valence-electron chi connectivity index (χ1n) is 7.17. The van der Waals surface area contributed by atoms with Crippen molar-refractivity contribution in [3.05, 3.63) is 30.3 Å². The predicted molar refractivity (Wildman–Crippen MR) is 83.0 cm³/mol. The molecule has 4 heteroatoms. The molecule has 0 saturated carbocycles. The average Bonchev–Trinajstić information content (AvgIpc) is 2.47. The monoisotopic (exact) mass is 271 g/mol. The summed E-state index contributed by atoms with van der Waals surface area (Å²) in [5, 5.41) is 1.09. The Morgan fingerprint density at radius 3 is 2.85 bits per heavy atom. The highest BCUT2D eigenvalue weighted by atomic mass is 16.5. The van der Waals surface area contributed by atoms with Crippen LogP contribution in [0, 0.1) is 5.92 Å². The van der Waals surface area contributed by atoms with E-state index in [-0.39, 0.29) is 0 Å². The van der Waals surface area contributed by atoms with Gasteiger partial charge in [0.1, 0.15) is 5.82 Å². The number of nitrogens with zero attached hydrogens (tertiary/aromatic N) is 2. The number of anilines is 2. The fraction of sp³-hybridized carbons (Fsp3) is 0.438. The fourth-order valence-corrected chi connectivity index (χ4v) is 2.76. The third-order valence-electron chi connectivity index (χ3n) is 3.96. The summed E-state index contributed by atoms with van der Waals surface area (Å²) < 4.78 is 5.41. The Morgan fingerprint density at radius 1 is 1.25 bits per heavy atom. The molecule has 106 valence electrons. The van der Waals surface area contributed by atoms with Gasteiger partial charge in [0.15, 0.2) is 0 Å². The van der Waals surface area contributed by atoms with Gasteiger partial charge in [-0.15, -0.1) is 0 Å². The van der Waals surface area contributed by atoms with Gasteiger partial charge < -0.3 is 15.4 Å². The summed E-state index contributed by atoms with van der Waals surface area (Å²) in [6, 6.07) is 10.0. The van der Waals surface area contributed by atoms with Crippen molar-refractivity contribution in [2.45, 2.75) is 12.8 Å². The van der Waals surface area contributed by atoms with E-state index >= 15 is 0 Å². The molecule has 0 spiro atoms. The van der Waals surface area contributed by atoms with E-state index in [0.29, 0.717) is 5.92 Å². The zero-order chi connectivity index (χ0) is 13.9. The molecule has 1 aliphatic heterocycles. The van der Waals surface area contributed by atoms with E-state index in [1.807, 2.05) is 18.2 Å². The molecule has 1 fully saturated rings. The summed E-state index contributed by atoms with van der Waals surface area (Å²) in [4.78, 5) is 6.96. The van der Waals surface area contributed by atoms with Crippen molar-refractivity contribution in [1.82, 2.24) is 4.98 Å². The van der Waals surface area contributed by atoms with Crippen LogP contribution >= 0.6 is 0 Å². The number of aromatic nitrogens is 1. The maximum atomic E-state index is 5.80. The Kier molecular flexibility index (Phi) is 3.74. The van der Waals surface area contributed by atoms with Crippen LogP contribution in [0.4, 0.5) is 11.5 Å². The van der Waals surface area contributed by atoms with E-state index in [1.54, 1.807) is 0 Å². The van der Waals surface area contributed by atoms with Crippen molar-refractivity contribution >= 4 is 22.4 Å². The maximum absolute atomic E-state index is 5.80. The van der Waals surface area contributed by atoms with Crippen LogP contribution in [0.1, 0.15) is 12.8 Å². The van der Waals surface area contributed by atoms with E-state index in [0.717, 1.165) is 55.0 Å². The minimum atomic E-state index is 0.706. The molecule has 20 heavy (non-hydrogen) atoms. The third-order valence-corrected chi connectivity index (χ3v) is 3.96. The largest absolute Gasteiger partial charge is 0.399 e. The third kappa shape index (κ3) is 2.85. The number of nitrogen functional groups attached to an aromatic ring is 1. The van der Waals surface area contributed by atoms with E-state index in [1.165, 1.54) is 0 Å². The maximum Gasteiger partial charge on any atom is 0.128 e. The standard InChI is InChI=1S/C16H21N3O/c1-19(11-12-6-8-20-9-7-12)16-5-2-13-10-14(17)3-4-15(13)18-16/h2-5,10,12H,6-9,11,17H2,1H3. The summed E-state index contributed by atoms with van der Waals surface area (Å²) in [6.07, 6.45) is 2.29. The number of nitrogens with two attached hydrogens (primary N) is 1. The summed E-state index contributed by atoms with van der Waals surface area (Å²) in [7, 11) is 2.11. The van der Waals surface area contributed by atoms with Crippen LogP contribution in [0.3, 0.4) is 0 Å². The molecule has 1 saturated heterocycles. The van der Waals surface area contributed by atoms with Crippen molar-refractivity contribution in [1.29, 1.82) is 0 Å². The summed E-state index contributed by atoms with van der Waals surface area (Å²) in [5.41, 5.74) is 7.57. The fourth-order valence-electron chi connectivity index (χ4n) is 2.76. The molecular weight excluding hydrogens is 250 g/mol. The molecule has 0 radical (unpaired) electrons. The minimum Gasteiger partial charge on any atom is -0.399 e. The first-order chi connectivity index (χ1) is 9.72. The quantitative estimate of drug-likeness (QED) is 0.872. The predicted octanol–water partition coefficient (Wildman–Crippen LogP) is 2.68. The normalized spacial score (nSPS) is 16.4. The van der Waals surface area contributed by atoms with E-state index in [4.69, 9.17) is 15.5 Å². The van der Waals surface area contributed by atoms with Gasteiger partial charge in [-0.3, -0.25) is 0 Å². The molecule has 0 unspecified atom stereocenters. The van der Waals surface area contributed by atoms with Crippen molar-refractivity contribution in [2.75, 3.05) is 37.4 Å². The van der Waals surface area contributed by atoms with Gasteiger partial charge in [0.2, 0.25) is 0 Å². The Labute approximate surface area is 119 Å². The molecule has 0 amide bonds. The van der Waals surface area contributed by atoms with Gasteiger partial charge in [0.05, 0.1) is 5.52 Å². The van der Waals surface area contributed by atoms with E-state index in [2.05, 4.69) is 24.1 Å². The topological polar surface area (TPSA) is 51.4 Å². The molecule has 0 bridgehead atoms. The van der Waals surface area contributed by atoms with Crippen LogP contribution in [-0.2, 0) is 4.74 Å². The van der Waals surface area contributed by atoms with Crippen molar-refractivity contribution in [2.24, 2.45) is 5.92 Å². The molecule has 1 aliphatic rings. The molecule has 0 aliphatic carbocycles. The zero-order valence-corrected chi connectivity index (χ0v) is 11.9. The lowest BCUT2D eigenvalue weighted by molar-refractivity contribution is 0.0685. The Bertz CT molecular complexity index is 593. The molecule has 2 N–H and O–H groups in total. The Hall–Kier alpha value is -1.81. The Balaban J connectivity index is 1.76. The first-order valence-corrected chi connectivity index (χ1v) is 7.17. The van der Waals surface area contributed by atoms with Crippen molar-refractivity contribution in [3.8, 4) is 0 Å². The van der Waals surface area contributed by atoms with E-state index < -0.39 is 0 Å². The zero-order valence-electron chi connectivity index (χ0n) is 11.9. The second kappa shape index (κ2) is 5.67. The first kappa shape index (κ1) is 13.2. The van der Waals surface area contributed by atoms with Crippen LogP contribution in [0.15, 0.2) is 30.3 Å². The molecule has 4 nitrogen and oxygen atoms in total. The molecule has 1 aromatic carbocycles. The lowest BCUT2D eigenvalue weighted by Crippen LogP contribution is -2.30. The second-order valence-electron chi connectivity index (χ2n) is 5.56. The number of hydrogen-bond donors (Lipinski definition) is 1. The van der Waals surface area contributed by atoms with Crippen LogP contribution in [0.25, 0.3) is 10.9 Å². The highest BCUT2D eigenvalue weighted by molar-refractivity contribution is 5.83. The SMILES string of the molecule is CN(CC1CCOCC1)c1ccc2cc(N)ccc2n1. The molecular formula is C16H21N3O. The van der Waals surface area contributed by atoms with Crippen LogP contribution in [0.2, 0.25) is 0 Å². The molecule has 1 aromatic heterocycles. The number of fused-ring (bicyclic) bond motifs is 1. The van der Waals surface area contributed by atoms with Gasteiger partial charge >= 0.3 is 0 Å². The average molecular weight is 271 g/mol. The number of ether oxygens (including phenoxy) is 1. The van der Waals surface area contributed by atoms with Crippen molar-refractivity contribution < 1.29 is 4.74 Å². The van der Waals surface area contributed by atoms with Gasteiger partial charge in [-0.25, -0.2) is 4.98 Å². The molecule has 2 heterocycles. The van der Waals surface area contributed by atoms with Gasteiger partial charge in [-0.1, -0.05) is 0 Å². The van der Waals surface area contributed by atoms with Gasteiger partial charge in [-0.2, -0.15) is 0 Å². The number of hydrogen-bond acceptors (Lipinski definition) is 4. The Morgan fingerprint density at radius 2 is 2.05 bits per heavy atom. The molecule has 0 atom stereocenters. The lowest BCUT2D eigenvalue weighted by Gasteiger charge is -2.27. The second-order valence-corrected chi connectivity index (χ2v) is 5.56. The summed E-state index contributed by atoms with van der Waals surface area (Å²) in [5.74, 6) is 1.73. The van der Waals surface area contributed by atoms with E-state index in [9.17, 15) is 0 Å². The minimum absolute atomic E-state index is 0.706. The van der Waals surface area contributed by atoms with Crippen LogP contribution in [-0.4, -0.2) is 31.8 Å². The number of rotatable bonds is 3. The lowest BCUT2D eigenvalue weighted by atomic mass is 10.00. The summed E-state index contributed by atoms with van der Waals surface area (Å²) >= 11 is 0. The molecule has 2 aromatic rings. The van der Waals surface area contributed by atoms with Gasteiger partial charge in [-0.05, 0) is 49.1 Å². The van der Waals surface area contributed by atoms with Crippen LogP contribution in [0.5, 0.6) is 0 Å². The summed E-state index contributed by atoms with van der Waals surface area (Å²) in [6.45, 7) is 2.82. The highest BCUT2D eigenvalue weighted by Crippen LogP contribution is 2.22. The number of pyridine rings is 1. The smallest absolute Gasteiger partial charge is 0.128 e. The van der Waals surface area contributed by atoms with Gasteiger partial charge in [0.25, 0.3) is 0 Å². The highest BCUT2D eigenvalue weighted by Gasteiger charge is 2.16. The van der Waals surface area contributed by atoms with Crippen molar-refractivity contribution in [3.63, 3.8) is 0 Å². The van der Waals surface area contributed by atoms with Gasteiger partial charge in [0, 0.05) is 37.9 Å². The number of benzene rings is 1.